The van der Waals surface area contributed by atoms with Crippen molar-refractivity contribution in [2.75, 3.05) is 13.7 Å². The summed E-state index contributed by atoms with van der Waals surface area (Å²) in [6.07, 6.45) is 1.20. The monoisotopic (exact) mass is 454 g/mol. The van der Waals surface area contributed by atoms with Gasteiger partial charge in [0.1, 0.15) is 0 Å². The Bertz CT molecular complexity index is 1120. The largest absolute Gasteiger partial charge is 0.493 e. The Kier molecular flexibility index (Phi) is 8.05. The predicted octanol–water partition coefficient (Wildman–Crippen LogP) is 4.98. The van der Waals surface area contributed by atoms with Gasteiger partial charge in [0.2, 0.25) is 5.91 Å². The van der Waals surface area contributed by atoms with Crippen molar-refractivity contribution in [2.24, 2.45) is 0 Å². The van der Waals surface area contributed by atoms with Gasteiger partial charge in [-0.05, 0) is 56.2 Å². The number of hydrogen-bond acceptors (Lipinski definition) is 5. The fourth-order valence-corrected chi connectivity index (χ4v) is 3.65. The van der Waals surface area contributed by atoms with Gasteiger partial charge in [0, 0.05) is 18.5 Å². The molecule has 0 bridgehead atoms. The van der Waals surface area contributed by atoms with E-state index in [1.54, 1.807) is 7.11 Å². The summed E-state index contributed by atoms with van der Waals surface area (Å²) in [5.74, 6) is 2.02. The number of aromatic nitrogens is 3. The molecule has 0 aliphatic rings. The Morgan fingerprint density at radius 2 is 2.06 bits per heavy atom. The second kappa shape index (κ2) is 10.9. The van der Waals surface area contributed by atoms with E-state index in [-0.39, 0.29) is 18.4 Å². The molecule has 2 aromatic carbocycles. The van der Waals surface area contributed by atoms with Gasteiger partial charge in [0.05, 0.1) is 19.8 Å². The summed E-state index contributed by atoms with van der Waals surface area (Å²) in [6.45, 7) is 7.09. The summed E-state index contributed by atoms with van der Waals surface area (Å²) >= 11 is 5.38. The van der Waals surface area contributed by atoms with Gasteiger partial charge < -0.3 is 14.8 Å². The maximum atomic E-state index is 12.7. The summed E-state index contributed by atoms with van der Waals surface area (Å²) in [5.41, 5.74) is 3.04. The average Bonchev–Trinajstić information content (AvgIpc) is 3.16. The van der Waals surface area contributed by atoms with Crippen LogP contribution in [0, 0.1) is 11.7 Å². The number of carbonyl (C=O) groups excluding carboxylic acids is 1. The second-order valence-electron chi connectivity index (χ2n) is 7.67. The van der Waals surface area contributed by atoms with Crippen LogP contribution in [0.15, 0.2) is 42.5 Å². The number of ether oxygens (including phenoxy) is 2. The first-order chi connectivity index (χ1) is 15.4. The molecule has 8 heteroatoms. The molecule has 1 aromatic heterocycles. The molecule has 0 aliphatic carbocycles. The van der Waals surface area contributed by atoms with Crippen LogP contribution in [0.1, 0.15) is 43.9 Å². The van der Waals surface area contributed by atoms with Crippen molar-refractivity contribution >= 4 is 18.1 Å². The van der Waals surface area contributed by atoms with Crippen LogP contribution in [0.4, 0.5) is 0 Å². The number of carbonyl (C=O) groups is 1. The number of H-pyrrole nitrogens is 1. The molecule has 0 saturated heterocycles. The molecule has 1 unspecified atom stereocenters. The molecular weight excluding hydrogens is 424 g/mol. The van der Waals surface area contributed by atoms with Gasteiger partial charge in [0.25, 0.3) is 0 Å². The van der Waals surface area contributed by atoms with E-state index in [1.807, 2.05) is 60.9 Å². The third-order valence-corrected chi connectivity index (χ3v) is 5.44. The molecule has 0 spiro atoms. The summed E-state index contributed by atoms with van der Waals surface area (Å²) in [7, 11) is 1.61. The minimum absolute atomic E-state index is 0.0685. The van der Waals surface area contributed by atoms with Gasteiger partial charge >= 0.3 is 0 Å². The molecule has 3 rings (SSSR count). The van der Waals surface area contributed by atoms with Gasteiger partial charge in [-0.3, -0.25) is 14.5 Å². The maximum absolute atomic E-state index is 12.7. The highest BCUT2D eigenvalue weighted by molar-refractivity contribution is 7.71. The van der Waals surface area contributed by atoms with Crippen molar-refractivity contribution in [3.8, 4) is 22.9 Å². The molecule has 3 aromatic rings. The first-order valence-corrected chi connectivity index (χ1v) is 11.2. The molecule has 0 saturated carbocycles. The molecule has 0 radical (unpaired) electrons. The van der Waals surface area contributed by atoms with E-state index in [0.29, 0.717) is 29.4 Å². The average molecular weight is 455 g/mol. The second-order valence-corrected chi connectivity index (χ2v) is 8.06. The van der Waals surface area contributed by atoms with Crippen molar-refractivity contribution in [3.63, 3.8) is 0 Å². The third kappa shape index (κ3) is 5.76. The van der Waals surface area contributed by atoms with Crippen molar-refractivity contribution in [2.45, 2.75) is 46.2 Å². The Morgan fingerprint density at radius 1 is 1.25 bits per heavy atom. The Labute approximate surface area is 193 Å². The molecule has 0 fully saturated rings. The van der Waals surface area contributed by atoms with E-state index >= 15 is 0 Å². The maximum Gasteiger partial charge on any atom is 0.222 e. The van der Waals surface area contributed by atoms with E-state index in [2.05, 4.69) is 22.4 Å². The number of aryl methyl sites for hydroxylation is 1. The Morgan fingerprint density at radius 3 is 2.78 bits per heavy atom. The van der Waals surface area contributed by atoms with E-state index in [1.165, 1.54) is 0 Å². The zero-order valence-corrected chi connectivity index (χ0v) is 19.8. The normalized spacial score (nSPS) is 11.8. The quantitative estimate of drug-likeness (QED) is 0.422. The molecule has 2 N–H and O–H groups in total. The van der Waals surface area contributed by atoms with Crippen LogP contribution in [0.25, 0.3) is 11.4 Å². The molecule has 170 valence electrons. The van der Waals surface area contributed by atoms with Crippen LogP contribution in [0.3, 0.4) is 0 Å². The van der Waals surface area contributed by atoms with Gasteiger partial charge in [-0.2, -0.15) is 5.10 Å². The minimum Gasteiger partial charge on any atom is -0.493 e. The minimum atomic E-state index is -0.176. The molecular formula is C24H30N4O3S. The summed E-state index contributed by atoms with van der Waals surface area (Å²) < 4.78 is 13.5. The molecule has 7 nitrogen and oxygen atoms in total. The topological polar surface area (TPSA) is 81.2 Å². The smallest absolute Gasteiger partial charge is 0.222 e. The summed E-state index contributed by atoms with van der Waals surface area (Å²) in [6, 6.07) is 13.6. The molecule has 1 heterocycles. The van der Waals surface area contributed by atoms with Crippen LogP contribution >= 0.6 is 12.2 Å². The van der Waals surface area contributed by atoms with Gasteiger partial charge in [-0.25, -0.2) is 0 Å². The number of benzene rings is 2. The number of amides is 1. The van der Waals surface area contributed by atoms with Gasteiger partial charge in [-0.15, -0.1) is 0 Å². The lowest BCUT2D eigenvalue weighted by Crippen LogP contribution is -2.27. The highest BCUT2D eigenvalue weighted by Crippen LogP contribution is 2.30. The fraction of sp³-hybridized carbons (Fsp3) is 0.375. The van der Waals surface area contributed by atoms with Crippen LogP contribution in [0.5, 0.6) is 11.5 Å². The summed E-state index contributed by atoms with van der Waals surface area (Å²) in [5, 5.41) is 10.2. The van der Waals surface area contributed by atoms with Crippen LogP contribution in [-0.4, -0.2) is 34.4 Å². The zero-order valence-electron chi connectivity index (χ0n) is 19.0. The lowest BCUT2D eigenvalue weighted by Gasteiger charge is -2.17. The first kappa shape index (κ1) is 23.5. The number of hydrogen-bond donors (Lipinski definition) is 2. The Hall–Kier alpha value is -3.13. The first-order valence-electron chi connectivity index (χ1n) is 10.7. The number of rotatable bonds is 10. The number of aromatic amines is 1. The van der Waals surface area contributed by atoms with E-state index < -0.39 is 0 Å². The molecule has 32 heavy (non-hydrogen) atoms. The van der Waals surface area contributed by atoms with Crippen LogP contribution in [-0.2, 0) is 11.3 Å². The van der Waals surface area contributed by atoms with Gasteiger partial charge in [-0.1, -0.05) is 36.8 Å². The lowest BCUT2D eigenvalue weighted by atomic mass is 10.1. The van der Waals surface area contributed by atoms with Crippen molar-refractivity contribution < 1.29 is 14.3 Å². The molecule has 0 aliphatic heterocycles. The third-order valence-electron chi connectivity index (χ3n) is 5.12. The van der Waals surface area contributed by atoms with Crippen molar-refractivity contribution in [3.05, 3.63) is 58.4 Å². The standard InChI is InChI=1S/C24H30N4O3S/c1-5-13-31-20-10-9-18(15-21(20)30-4)17(3)25-22(29)11-12-28-23(26-27-24(28)32)19-8-6-7-16(2)14-19/h6-10,14-15,17H,5,11-13H2,1-4H3,(H,25,29)(H,27,32). The molecule has 1 amide bonds. The van der Waals surface area contributed by atoms with Crippen molar-refractivity contribution in [1.29, 1.82) is 0 Å². The van der Waals surface area contributed by atoms with E-state index in [0.717, 1.165) is 28.9 Å². The SMILES string of the molecule is CCCOc1ccc(C(C)NC(=O)CCn2c(-c3cccc(C)c3)n[nH]c2=S)cc1OC. The lowest BCUT2D eigenvalue weighted by molar-refractivity contribution is -0.121. The van der Waals surface area contributed by atoms with E-state index in [9.17, 15) is 4.79 Å². The number of methoxy groups -OCH3 is 1. The van der Waals surface area contributed by atoms with Crippen LogP contribution < -0.4 is 14.8 Å². The van der Waals surface area contributed by atoms with Gasteiger partial charge in [0.15, 0.2) is 22.1 Å². The Balaban J connectivity index is 1.65. The van der Waals surface area contributed by atoms with E-state index in [4.69, 9.17) is 21.7 Å². The highest BCUT2D eigenvalue weighted by atomic mass is 32.1. The zero-order chi connectivity index (χ0) is 23.1. The fourth-order valence-electron chi connectivity index (χ4n) is 3.42. The van der Waals surface area contributed by atoms with Crippen molar-refractivity contribution in [1.82, 2.24) is 20.1 Å². The highest BCUT2D eigenvalue weighted by Gasteiger charge is 2.15. The number of nitrogens with zero attached hydrogens (tertiary/aromatic N) is 2. The summed E-state index contributed by atoms with van der Waals surface area (Å²) in [4.78, 5) is 12.7. The van der Waals surface area contributed by atoms with Crippen LogP contribution in [0.2, 0.25) is 0 Å². The molecule has 1 atom stereocenters. The predicted molar refractivity (Wildman–Crippen MR) is 128 cm³/mol. The number of nitrogens with one attached hydrogen (secondary N) is 2.